The zero-order valence-electron chi connectivity index (χ0n) is 44.5. The summed E-state index contributed by atoms with van der Waals surface area (Å²) < 4.78 is 1.60. The molecule has 3 heteroatoms. The van der Waals surface area contributed by atoms with E-state index in [1.165, 1.54) is 111 Å². The first-order valence-electron chi connectivity index (χ1n) is 26.1. The maximum Gasteiger partial charge on any atom is -0.172 e. The maximum atomic E-state index is 4.08. The van der Waals surface area contributed by atoms with Crippen molar-refractivity contribution in [2.45, 2.75) is 71.6 Å². The van der Waals surface area contributed by atoms with Gasteiger partial charge in [0.25, 0.3) is 0 Å². The van der Waals surface area contributed by atoms with Crippen LogP contribution in [0, 0.1) is 6.07 Å². The van der Waals surface area contributed by atoms with Crippen LogP contribution in [0.2, 0.25) is 0 Å². The van der Waals surface area contributed by atoms with E-state index in [2.05, 4.69) is 260 Å². The van der Waals surface area contributed by atoms with Gasteiger partial charge in [-0.05, 0) is 89.9 Å². The molecule has 0 heterocycles. The van der Waals surface area contributed by atoms with E-state index in [-0.39, 0.29) is 35.6 Å². The zero-order chi connectivity index (χ0) is 51.2. The molecule has 0 radical (unpaired) electrons. The summed E-state index contributed by atoms with van der Waals surface area (Å²) in [6.07, 6.45) is 3.11. The van der Waals surface area contributed by atoms with Gasteiger partial charge in [0, 0.05) is 0 Å². The minimum absolute atomic E-state index is 0. The molecule has 0 aliphatic heterocycles. The van der Waals surface area contributed by atoms with Crippen LogP contribution in [0.4, 0.5) is 0 Å². The van der Waals surface area contributed by atoms with Crippen LogP contribution in [-0.2, 0) is 54.3 Å². The summed E-state index contributed by atoms with van der Waals surface area (Å²) >= 11 is 1.55. The average Bonchev–Trinajstić information content (AvgIpc) is 4.18. The first-order valence-corrected chi connectivity index (χ1v) is 27.4. The second-order valence-electron chi connectivity index (χ2n) is 21.8. The Hall–Kier alpha value is -6.60. The van der Waals surface area contributed by atoms with Crippen molar-refractivity contribution in [2.75, 3.05) is 0 Å². The Morgan fingerprint density at radius 1 is 0.408 bits per heavy atom. The quantitative estimate of drug-likeness (QED) is 0.133. The Kier molecular flexibility index (Phi) is 18.0. The van der Waals surface area contributed by atoms with E-state index < -0.39 is 0 Å². The van der Waals surface area contributed by atoms with E-state index in [4.69, 9.17) is 0 Å². The van der Waals surface area contributed by atoms with Gasteiger partial charge in [0.05, 0.1) is 0 Å². The number of halogens is 2. The largest absolute Gasteiger partial charge is 0.214 e. The molecule has 0 spiro atoms. The van der Waals surface area contributed by atoms with Gasteiger partial charge in [0.2, 0.25) is 0 Å². The second kappa shape index (κ2) is 24.6. The van der Waals surface area contributed by atoms with Crippen LogP contribution in [0.3, 0.4) is 0 Å². The summed E-state index contributed by atoms with van der Waals surface area (Å²) in [5.41, 5.74) is 20.8. The van der Waals surface area contributed by atoms with Gasteiger partial charge in [-0.1, -0.05) is 197 Å². The summed E-state index contributed by atoms with van der Waals surface area (Å²) in [4.78, 5) is 0. The van der Waals surface area contributed by atoms with E-state index in [1.807, 2.05) is 30.3 Å². The minimum Gasteiger partial charge on any atom is -0.214 e. The fourth-order valence-electron chi connectivity index (χ4n) is 10.6. The van der Waals surface area contributed by atoms with Crippen molar-refractivity contribution in [2.24, 2.45) is 0 Å². The smallest absolute Gasteiger partial charge is 0.172 e. The summed E-state index contributed by atoms with van der Waals surface area (Å²) in [6, 6.07) is 91.9. The molecule has 76 heavy (non-hydrogen) atoms. The van der Waals surface area contributed by atoms with E-state index >= 15 is 0 Å². The number of hydrogen-bond acceptors (Lipinski definition) is 0. The second-order valence-corrected chi connectivity index (χ2v) is 23.5. The normalized spacial score (nSPS) is 11.5. The summed E-state index contributed by atoms with van der Waals surface area (Å²) in [7, 11) is 0. The molecule has 0 bridgehead atoms. The van der Waals surface area contributed by atoms with E-state index in [0.717, 1.165) is 19.3 Å². The SMILES string of the molecule is CC(C)(C)c1cc2c([c-]c1-c1ccccc1-c1ccc3ccccc3c1)Cc1cc(-c3ccccc3-c3ccc4ccccc4c3)c(C(C)(C)C)cc1-2.[Cl-].[Cl-].[Zr+2]=[C](Cc1ccccc1)Cc1ccccc1.c1cc[cH-]c1. The van der Waals surface area contributed by atoms with Gasteiger partial charge in [-0.3, -0.25) is 0 Å². The summed E-state index contributed by atoms with van der Waals surface area (Å²) in [5.74, 6) is 0. The third-order valence-corrected chi connectivity index (χ3v) is 15.2. The molecule has 0 fully saturated rings. The molecule has 1 aliphatic rings. The summed E-state index contributed by atoms with van der Waals surface area (Å²) in [6.45, 7) is 14.1. The maximum absolute atomic E-state index is 4.08. The first kappa shape index (κ1) is 55.6. The van der Waals surface area contributed by atoms with Crippen LogP contribution < -0.4 is 24.8 Å². The summed E-state index contributed by atoms with van der Waals surface area (Å²) in [5, 5.41) is 5.06. The third-order valence-electron chi connectivity index (χ3n) is 14.3. The molecular formula is C73H64Cl2Zr-2. The fourth-order valence-corrected chi connectivity index (χ4v) is 11.6. The molecule has 0 amide bonds. The molecule has 376 valence electrons. The molecule has 1 aliphatic carbocycles. The van der Waals surface area contributed by atoms with Gasteiger partial charge in [-0.15, -0.1) is 28.8 Å². The molecule has 0 saturated carbocycles. The molecule has 0 nitrogen and oxygen atoms in total. The van der Waals surface area contributed by atoms with Gasteiger partial charge in [-0.25, -0.2) is 12.1 Å². The van der Waals surface area contributed by atoms with Crippen LogP contribution in [0.1, 0.15) is 74.9 Å². The van der Waals surface area contributed by atoms with Crippen LogP contribution in [0.25, 0.3) is 77.2 Å². The van der Waals surface area contributed by atoms with E-state index in [1.54, 1.807) is 27.4 Å². The van der Waals surface area contributed by atoms with Gasteiger partial charge in [0.1, 0.15) is 0 Å². The van der Waals surface area contributed by atoms with Gasteiger partial charge < -0.3 is 24.8 Å². The van der Waals surface area contributed by atoms with Crippen molar-refractivity contribution in [3.8, 4) is 55.6 Å². The standard InChI is InChI=1S/C53H45.C15H14.C5H5.2ClH.Zr/c1-52(2,3)50-32-46-40(30-48(50)44-21-13-11-19-42(44)38-25-23-34-15-7-9-17-36(34)27-38)29-41-31-49(51(33-47(41)46)53(4,5)6)45-22-14-12-20-43(45)39-26-24-35-16-8-10-18-37(35)28-39;1-3-8-14(9-4-1)12-7-13-15-10-5-2-6-11-15;1-2-4-5-3-1;;;/h7-28,30,32-33H,29H2,1-6H3;1-6,8-11H,12-13H2;1-5H;2*1H;/q-1;;-1;;;+2/p-2. The number of hydrogen-bond donors (Lipinski definition) is 0. The topological polar surface area (TPSA) is 0 Å². The van der Waals surface area contributed by atoms with Crippen LogP contribution >= 0.6 is 0 Å². The average molecular weight is 1100 g/mol. The fraction of sp³-hybridized carbons (Fsp3) is 0.151. The van der Waals surface area contributed by atoms with Crippen molar-refractivity contribution >= 4 is 24.8 Å². The molecule has 11 aromatic rings. The predicted octanol–water partition coefficient (Wildman–Crippen LogP) is 13.2. The van der Waals surface area contributed by atoms with Crippen molar-refractivity contribution < 1.29 is 49.0 Å². The molecule has 0 unspecified atom stereocenters. The van der Waals surface area contributed by atoms with Gasteiger partial charge in [-0.2, -0.15) is 18.2 Å². The van der Waals surface area contributed by atoms with E-state index in [9.17, 15) is 0 Å². The van der Waals surface area contributed by atoms with Crippen molar-refractivity contribution in [3.63, 3.8) is 0 Å². The Morgan fingerprint density at radius 2 is 0.842 bits per heavy atom. The molecular weight excluding hydrogens is 1040 g/mol. The van der Waals surface area contributed by atoms with Crippen molar-refractivity contribution in [3.05, 3.63) is 282 Å². The Balaban J connectivity index is 0.000000277. The van der Waals surface area contributed by atoms with Crippen molar-refractivity contribution in [1.82, 2.24) is 0 Å². The molecule has 0 aromatic heterocycles. The molecule has 0 saturated heterocycles. The van der Waals surface area contributed by atoms with E-state index in [0.29, 0.717) is 0 Å². The molecule has 0 N–H and O–H groups in total. The molecule has 0 atom stereocenters. The Bertz CT molecular complexity index is 3470. The Morgan fingerprint density at radius 3 is 1.33 bits per heavy atom. The number of benzene rings is 10. The monoisotopic (exact) mass is 1100 g/mol. The molecule has 12 rings (SSSR count). The number of rotatable bonds is 8. The van der Waals surface area contributed by atoms with Crippen LogP contribution in [0.5, 0.6) is 0 Å². The first-order chi connectivity index (χ1) is 35.9. The zero-order valence-corrected chi connectivity index (χ0v) is 48.4. The van der Waals surface area contributed by atoms with Gasteiger partial charge >= 0.3 is 112 Å². The van der Waals surface area contributed by atoms with Gasteiger partial charge in [0.15, 0.2) is 0 Å². The number of fused-ring (bicyclic) bond motifs is 5. The van der Waals surface area contributed by atoms with Crippen molar-refractivity contribution in [1.29, 1.82) is 0 Å². The predicted molar refractivity (Wildman–Crippen MR) is 315 cm³/mol. The van der Waals surface area contributed by atoms with Crippen LogP contribution in [0.15, 0.2) is 243 Å². The molecule has 11 aromatic carbocycles. The third kappa shape index (κ3) is 12.8. The minimum atomic E-state index is -0.0777. The Labute approximate surface area is 479 Å². The van der Waals surface area contributed by atoms with Crippen LogP contribution in [-0.4, -0.2) is 3.21 Å².